The molecule has 2 aromatic heterocycles. The third kappa shape index (κ3) is 7.37. The van der Waals surface area contributed by atoms with Crippen LogP contribution < -0.4 is 0 Å². The van der Waals surface area contributed by atoms with E-state index < -0.39 is 58.1 Å². The molecule has 0 radical (unpaired) electrons. The van der Waals surface area contributed by atoms with Crippen molar-refractivity contribution in [2.45, 2.75) is 51.4 Å². The number of halogens is 8. The first-order valence-electron chi connectivity index (χ1n) is 13.5. The first-order chi connectivity index (χ1) is 21.4. The van der Waals surface area contributed by atoms with Gasteiger partial charge in [-0.25, -0.2) is 27.7 Å². The van der Waals surface area contributed by atoms with E-state index in [9.17, 15) is 44.7 Å². The SMILES string of the molecule is CCOC(=O)c1cn(-c2ccccc2)nc1C(C)(F)C(F)(F)F.CCOC(=O)c1cnn(-c2ccccc2)c1C(C)(F)C(F)(F)F. The van der Waals surface area contributed by atoms with E-state index in [1.54, 1.807) is 48.5 Å². The fourth-order valence-corrected chi connectivity index (χ4v) is 3.98. The standard InChI is InChI=1S/2C15H14F4N2O2/c1-3-23-13(22)11-9-21(10-7-5-4-6-8-10)20-12(11)14(2,16)15(17,18)19;1-3-23-13(22)11-9-20-21(10-7-5-4-6-8-10)12(11)14(2,16)15(17,18)19/h2*4-9H,3H2,1-2H3. The second kappa shape index (κ2) is 13.7. The van der Waals surface area contributed by atoms with Crippen molar-refractivity contribution in [2.24, 2.45) is 0 Å². The molecule has 0 fully saturated rings. The molecule has 0 saturated carbocycles. The Balaban J connectivity index is 0.000000250. The normalized spacial score (nSPS) is 14.3. The molecule has 2 unspecified atom stereocenters. The Morgan fingerprint density at radius 1 is 0.696 bits per heavy atom. The van der Waals surface area contributed by atoms with E-state index in [2.05, 4.69) is 10.2 Å². The highest BCUT2D eigenvalue weighted by Gasteiger charge is 2.58. The van der Waals surface area contributed by atoms with Crippen molar-refractivity contribution in [1.29, 1.82) is 0 Å². The molecule has 16 heteroatoms. The zero-order valence-electron chi connectivity index (χ0n) is 24.8. The van der Waals surface area contributed by atoms with Gasteiger partial charge in [0.1, 0.15) is 22.5 Å². The molecule has 0 spiro atoms. The quantitative estimate of drug-likeness (QED) is 0.143. The Kier molecular flexibility index (Phi) is 10.6. The van der Waals surface area contributed by atoms with Crippen molar-refractivity contribution in [2.75, 3.05) is 13.2 Å². The molecule has 0 aliphatic rings. The molecule has 4 rings (SSSR count). The van der Waals surface area contributed by atoms with E-state index >= 15 is 0 Å². The minimum Gasteiger partial charge on any atom is -0.462 e. The smallest absolute Gasteiger partial charge is 0.428 e. The summed E-state index contributed by atoms with van der Waals surface area (Å²) in [6, 6.07) is 15.8. The van der Waals surface area contributed by atoms with Crippen LogP contribution in [0.3, 0.4) is 0 Å². The molecule has 0 N–H and O–H groups in total. The monoisotopic (exact) mass is 660 g/mol. The molecule has 4 aromatic rings. The number of nitrogens with zero attached hydrogens (tertiary/aromatic N) is 4. The van der Waals surface area contributed by atoms with Gasteiger partial charge < -0.3 is 9.47 Å². The largest absolute Gasteiger partial charge is 0.462 e. The van der Waals surface area contributed by atoms with Crippen LogP contribution in [-0.2, 0) is 20.8 Å². The Labute approximate surface area is 257 Å². The van der Waals surface area contributed by atoms with Gasteiger partial charge in [-0.3, -0.25) is 0 Å². The van der Waals surface area contributed by atoms with Gasteiger partial charge >= 0.3 is 24.3 Å². The topological polar surface area (TPSA) is 88.2 Å². The van der Waals surface area contributed by atoms with Crippen molar-refractivity contribution in [3.05, 3.63) is 95.6 Å². The highest BCUT2D eigenvalue weighted by Crippen LogP contribution is 2.45. The fourth-order valence-electron chi connectivity index (χ4n) is 3.98. The molecule has 2 atom stereocenters. The van der Waals surface area contributed by atoms with Crippen LogP contribution in [0.5, 0.6) is 0 Å². The second-order valence-electron chi connectivity index (χ2n) is 9.77. The van der Waals surface area contributed by atoms with Gasteiger partial charge in [0.15, 0.2) is 0 Å². The minimum atomic E-state index is -5.22. The van der Waals surface area contributed by atoms with Crippen LogP contribution in [0.2, 0.25) is 0 Å². The van der Waals surface area contributed by atoms with E-state index in [4.69, 9.17) is 9.47 Å². The summed E-state index contributed by atoms with van der Waals surface area (Å²) in [5.41, 5.74) is -10.0. The number of hydrogen-bond donors (Lipinski definition) is 0. The summed E-state index contributed by atoms with van der Waals surface area (Å²) in [4.78, 5) is 23.7. The number of esters is 2. The molecule has 46 heavy (non-hydrogen) atoms. The lowest BCUT2D eigenvalue weighted by Crippen LogP contribution is -2.38. The highest BCUT2D eigenvalue weighted by molar-refractivity contribution is 5.91. The Bertz CT molecular complexity index is 1610. The van der Waals surface area contributed by atoms with Crippen LogP contribution in [-0.4, -0.2) is 57.1 Å². The lowest BCUT2D eigenvalue weighted by Gasteiger charge is -2.25. The average molecular weight is 661 g/mol. The minimum absolute atomic E-state index is 0.0518. The van der Waals surface area contributed by atoms with Crippen LogP contribution in [0.4, 0.5) is 35.1 Å². The van der Waals surface area contributed by atoms with Gasteiger partial charge in [0.25, 0.3) is 0 Å². The third-order valence-electron chi connectivity index (χ3n) is 6.45. The van der Waals surface area contributed by atoms with Gasteiger partial charge in [-0.2, -0.15) is 36.5 Å². The number of benzene rings is 2. The summed E-state index contributed by atoms with van der Waals surface area (Å²) in [6.45, 7) is 3.57. The van der Waals surface area contributed by atoms with Crippen LogP contribution in [0.1, 0.15) is 59.8 Å². The van der Waals surface area contributed by atoms with Crippen LogP contribution in [0, 0.1) is 0 Å². The number of alkyl halides is 8. The molecule has 0 aliphatic heterocycles. The molecule has 8 nitrogen and oxygen atoms in total. The van der Waals surface area contributed by atoms with Gasteiger partial charge in [-0.05, 0) is 52.0 Å². The fraction of sp³-hybridized carbons (Fsp3) is 0.333. The number of rotatable bonds is 8. The van der Waals surface area contributed by atoms with E-state index in [1.165, 1.54) is 26.0 Å². The lowest BCUT2D eigenvalue weighted by molar-refractivity contribution is -0.230. The van der Waals surface area contributed by atoms with Gasteiger partial charge in [0.05, 0.1) is 30.8 Å². The Morgan fingerprint density at radius 2 is 1.15 bits per heavy atom. The summed E-state index contributed by atoms with van der Waals surface area (Å²) in [6.07, 6.45) is -8.53. The van der Waals surface area contributed by atoms with Gasteiger partial charge in [-0.15, -0.1) is 0 Å². The molecule has 0 amide bonds. The molecule has 0 aliphatic carbocycles. The van der Waals surface area contributed by atoms with E-state index in [1.807, 2.05) is 0 Å². The maximum Gasteiger partial charge on any atom is 0.428 e. The zero-order valence-corrected chi connectivity index (χ0v) is 24.8. The third-order valence-corrected chi connectivity index (χ3v) is 6.45. The molecule has 0 bridgehead atoms. The van der Waals surface area contributed by atoms with E-state index in [0.717, 1.165) is 21.8 Å². The Morgan fingerprint density at radius 3 is 1.61 bits per heavy atom. The lowest BCUT2D eigenvalue weighted by atomic mass is 9.99. The van der Waals surface area contributed by atoms with Gasteiger partial charge in [0, 0.05) is 6.20 Å². The molecule has 2 heterocycles. The van der Waals surface area contributed by atoms with Crippen molar-refractivity contribution in [3.8, 4) is 11.4 Å². The van der Waals surface area contributed by atoms with Crippen LogP contribution >= 0.6 is 0 Å². The average Bonchev–Trinajstić information content (AvgIpc) is 3.64. The maximum atomic E-state index is 14.6. The summed E-state index contributed by atoms with van der Waals surface area (Å²) >= 11 is 0. The van der Waals surface area contributed by atoms with E-state index in [-0.39, 0.29) is 18.9 Å². The molecule has 248 valence electrons. The predicted molar refractivity (Wildman–Crippen MR) is 148 cm³/mol. The van der Waals surface area contributed by atoms with Crippen molar-refractivity contribution in [3.63, 3.8) is 0 Å². The van der Waals surface area contributed by atoms with Crippen LogP contribution in [0.25, 0.3) is 11.4 Å². The van der Waals surface area contributed by atoms with Crippen LogP contribution in [0.15, 0.2) is 73.1 Å². The zero-order chi connectivity index (χ0) is 34.5. The molecular formula is C30H28F8N4O4. The maximum absolute atomic E-state index is 14.6. The van der Waals surface area contributed by atoms with E-state index in [0.29, 0.717) is 19.5 Å². The summed E-state index contributed by atoms with van der Waals surface area (Å²) < 4.78 is 118. The number of para-hydroxylation sites is 2. The number of carbonyl (C=O) groups excluding carboxylic acids is 2. The van der Waals surface area contributed by atoms with Gasteiger partial charge in [-0.1, -0.05) is 36.4 Å². The first-order valence-corrected chi connectivity index (χ1v) is 13.5. The summed E-state index contributed by atoms with van der Waals surface area (Å²) in [5.74, 6) is -2.12. The number of carbonyl (C=O) groups is 2. The predicted octanol–water partition coefficient (Wildman–Crippen LogP) is 7.59. The number of hydrogen-bond acceptors (Lipinski definition) is 6. The van der Waals surface area contributed by atoms with Gasteiger partial charge in [0.2, 0.25) is 11.3 Å². The second-order valence-corrected chi connectivity index (χ2v) is 9.77. The van der Waals surface area contributed by atoms with Crippen molar-refractivity contribution in [1.82, 2.24) is 19.6 Å². The molecule has 0 saturated heterocycles. The number of aromatic nitrogens is 4. The Hall–Kier alpha value is -4.76. The summed E-state index contributed by atoms with van der Waals surface area (Å²) in [7, 11) is 0. The molecule has 2 aromatic carbocycles. The molecular weight excluding hydrogens is 632 g/mol. The number of ether oxygens (including phenoxy) is 2. The van der Waals surface area contributed by atoms with Crippen molar-refractivity contribution < 1.29 is 54.2 Å². The highest BCUT2D eigenvalue weighted by atomic mass is 19.4. The first kappa shape index (κ1) is 35.7. The summed E-state index contributed by atoms with van der Waals surface area (Å²) in [5, 5.41) is 7.39. The van der Waals surface area contributed by atoms with Crippen molar-refractivity contribution >= 4 is 11.9 Å².